The minimum Gasteiger partial charge on any atom is -0.336 e. The van der Waals surface area contributed by atoms with Gasteiger partial charge in [-0.05, 0) is 31.0 Å². The van der Waals surface area contributed by atoms with Gasteiger partial charge in [0.15, 0.2) is 0 Å². The Labute approximate surface area is 158 Å². The van der Waals surface area contributed by atoms with Gasteiger partial charge in [0, 0.05) is 51.1 Å². The van der Waals surface area contributed by atoms with E-state index in [1.165, 1.54) is 16.8 Å². The van der Waals surface area contributed by atoms with Gasteiger partial charge in [-0.25, -0.2) is 8.78 Å². The standard InChI is InChI=1S/C20H26F2N4O/c1-14(2)6-7-25-8-10-26(11-9-25)20(27)17-13-24(3)23-19(17)16-5-4-15(21)12-18(16)22/h4-5,12-14H,6-11H2,1-3H3. The summed E-state index contributed by atoms with van der Waals surface area (Å²) in [7, 11) is 1.69. The van der Waals surface area contributed by atoms with E-state index in [2.05, 4.69) is 23.8 Å². The number of rotatable bonds is 5. The molecule has 0 unspecified atom stereocenters. The van der Waals surface area contributed by atoms with Crippen LogP contribution < -0.4 is 0 Å². The van der Waals surface area contributed by atoms with E-state index in [1.54, 1.807) is 18.1 Å². The number of hydrogen-bond acceptors (Lipinski definition) is 3. The van der Waals surface area contributed by atoms with Crippen molar-refractivity contribution in [1.29, 1.82) is 0 Å². The minimum absolute atomic E-state index is 0.135. The number of halogens is 2. The summed E-state index contributed by atoms with van der Waals surface area (Å²) in [4.78, 5) is 17.2. The van der Waals surface area contributed by atoms with Gasteiger partial charge in [0.2, 0.25) is 0 Å². The average Bonchev–Trinajstić information content (AvgIpc) is 3.01. The SMILES string of the molecule is CC(C)CCN1CCN(C(=O)c2cn(C)nc2-c2ccc(F)cc2F)CC1. The smallest absolute Gasteiger partial charge is 0.257 e. The highest BCUT2D eigenvalue weighted by Crippen LogP contribution is 2.26. The molecule has 1 amide bonds. The van der Waals surface area contributed by atoms with Crippen LogP contribution in [0.4, 0.5) is 8.78 Å². The molecule has 1 saturated heterocycles. The van der Waals surface area contributed by atoms with E-state index < -0.39 is 11.6 Å². The Hall–Kier alpha value is -2.28. The fraction of sp³-hybridized carbons (Fsp3) is 0.500. The largest absolute Gasteiger partial charge is 0.336 e. The third-order valence-electron chi connectivity index (χ3n) is 4.93. The molecule has 0 aliphatic carbocycles. The van der Waals surface area contributed by atoms with Crippen molar-refractivity contribution in [3.8, 4) is 11.3 Å². The van der Waals surface area contributed by atoms with E-state index >= 15 is 0 Å². The molecule has 0 N–H and O–H groups in total. The lowest BCUT2D eigenvalue weighted by Crippen LogP contribution is -2.49. The third-order valence-corrected chi connectivity index (χ3v) is 4.93. The number of hydrogen-bond donors (Lipinski definition) is 0. The Bertz CT molecular complexity index is 810. The van der Waals surface area contributed by atoms with Crippen LogP contribution in [0.3, 0.4) is 0 Å². The second-order valence-electron chi connectivity index (χ2n) is 7.51. The van der Waals surface area contributed by atoms with Gasteiger partial charge in [0.1, 0.15) is 17.3 Å². The molecule has 0 radical (unpaired) electrons. The van der Waals surface area contributed by atoms with E-state index in [0.717, 1.165) is 32.1 Å². The zero-order valence-electron chi connectivity index (χ0n) is 16.1. The zero-order chi connectivity index (χ0) is 19.6. The third kappa shape index (κ3) is 4.53. The molecule has 1 aliphatic heterocycles. The predicted octanol–water partition coefficient (Wildman–Crippen LogP) is 3.17. The van der Waals surface area contributed by atoms with Crippen molar-refractivity contribution < 1.29 is 13.6 Å². The van der Waals surface area contributed by atoms with E-state index in [1.807, 2.05) is 0 Å². The molecular weight excluding hydrogens is 350 g/mol. The lowest BCUT2D eigenvalue weighted by Gasteiger charge is -2.35. The molecule has 3 rings (SSSR count). The highest BCUT2D eigenvalue weighted by atomic mass is 19.1. The number of aromatic nitrogens is 2. The Morgan fingerprint density at radius 3 is 2.52 bits per heavy atom. The lowest BCUT2D eigenvalue weighted by molar-refractivity contribution is 0.0632. The van der Waals surface area contributed by atoms with Gasteiger partial charge in [0.05, 0.1) is 5.56 Å². The van der Waals surface area contributed by atoms with E-state index in [-0.39, 0.29) is 17.2 Å². The number of amides is 1. The molecule has 0 spiro atoms. The van der Waals surface area contributed by atoms with Crippen LogP contribution in [0.2, 0.25) is 0 Å². The molecule has 0 saturated carbocycles. The quantitative estimate of drug-likeness (QED) is 0.805. The Morgan fingerprint density at radius 1 is 1.19 bits per heavy atom. The number of nitrogens with zero attached hydrogens (tertiary/aromatic N) is 4. The lowest BCUT2D eigenvalue weighted by atomic mass is 10.1. The molecule has 5 nitrogen and oxygen atoms in total. The van der Waals surface area contributed by atoms with Crippen LogP contribution >= 0.6 is 0 Å². The molecule has 146 valence electrons. The van der Waals surface area contributed by atoms with Crippen molar-refractivity contribution in [2.75, 3.05) is 32.7 Å². The van der Waals surface area contributed by atoms with Gasteiger partial charge in [-0.3, -0.25) is 14.4 Å². The summed E-state index contributed by atoms with van der Waals surface area (Å²) in [6, 6.07) is 3.31. The first-order chi connectivity index (χ1) is 12.8. The summed E-state index contributed by atoms with van der Waals surface area (Å²) in [5.41, 5.74) is 0.733. The molecule has 7 heteroatoms. The predicted molar refractivity (Wildman–Crippen MR) is 100 cm³/mol. The number of piperazine rings is 1. The molecule has 0 bridgehead atoms. The fourth-order valence-electron chi connectivity index (χ4n) is 3.31. The van der Waals surface area contributed by atoms with E-state index in [4.69, 9.17) is 0 Å². The summed E-state index contributed by atoms with van der Waals surface area (Å²) in [5, 5.41) is 4.25. The van der Waals surface area contributed by atoms with Gasteiger partial charge in [-0.2, -0.15) is 5.10 Å². The minimum atomic E-state index is -0.721. The Morgan fingerprint density at radius 2 is 1.89 bits per heavy atom. The number of benzene rings is 1. The second-order valence-corrected chi connectivity index (χ2v) is 7.51. The fourth-order valence-corrected chi connectivity index (χ4v) is 3.31. The molecule has 1 aromatic carbocycles. The first-order valence-corrected chi connectivity index (χ1v) is 9.36. The van der Waals surface area contributed by atoms with Crippen LogP contribution in [0, 0.1) is 17.6 Å². The highest BCUT2D eigenvalue weighted by Gasteiger charge is 2.27. The van der Waals surface area contributed by atoms with E-state index in [9.17, 15) is 13.6 Å². The van der Waals surface area contributed by atoms with Gasteiger partial charge < -0.3 is 4.90 Å². The Kier molecular flexibility index (Phi) is 5.89. The molecule has 1 fully saturated rings. The van der Waals surface area contributed by atoms with Crippen LogP contribution in [0.25, 0.3) is 11.3 Å². The van der Waals surface area contributed by atoms with Crippen molar-refractivity contribution in [3.63, 3.8) is 0 Å². The Balaban J connectivity index is 1.75. The van der Waals surface area contributed by atoms with Crippen LogP contribution in [0.15, 0.2) is 24.4 Å². The van der Waals surface area contributed by atoms with Gasteiger partial charge >= 0.3 is 0 Å². The maximum absolute atomic E-state index is 14.2. The summed E-state index contributed by atoms with van der Waals surface area (Å²) < 4.78 is 28.9. The molecule has 0 atom stereocenters. The summed E-state index contributed by atoms with van der Waals surface area (Å²) in [6.07, 6.45) is 2.75. The molecule has 1 aromatic heterocycles. The second kappa shape index (κ2) is 8.17. The summed E-state index contributed by atoms with van der Waals surface area (Å²) >= 11 is 0. The first kappa shape index (κ1) is 19.5. The summed E-state index contributed by atoms with van der Waals surface area (Å²) in [5.74, 6) is -0.877. The molecular formula is C20H26F2N4O. The number of carbonyl (C=O) groups excluding carboxylic acids is 1. The average molecular weight is 376 g/mol. The van der Waals surface area contributed by atoms with Gasteiger partial charge in [-0.15, -0.1) is 0 Å². The number of aryl methyl sites for hydroxylation is 1. The maximum atomic E-state index is 14.2. The van der Waals surface area contributed by atoms with Crippen LogP contribution in [-0.4, -0.2) is 58.2 Å². The van der Waals surface area contributed by atoms with Crippen molar-refractivity contribution in [2.45, 2.75) is 20.3 Å². The van der Waals surface area contributed by atoms with Crippen molar-refractivity contribution in [3.05, 3.63) is 41.6 Å². The van der Waals surface area contributed by atoms with Crippen LogP contribution in [0.1, 0.15) is 30.6 Å². The number of carbonyl (C=O) groups is 1. The van der Waals surface area contributed by atoms with E-state index in [0.29, 0.717) is 24.6 Å². The zero-order valence-corrected chi connectivity index (χ0v) is 16.1. The van der Waals surface area contributed by atoms with Gasteiger partial charge in [0.25, 0.3) is 5.91 Å². The molecule has 2 heterocycles. The maximum Gasteiger partial charge on any atom is 0.257 e. The summed E-state index contributed by atoms with van der Waals surface area (Å²) in [6.45, 7) is 8.39. The first-order valence-electron chi connectivity index (χ1n) is 9.36. The van der Waals surface area contributed by atoms with Crippen molar-refractivity contribution in [2.24, 2.45) is 13.0 Å². The van der Waals surface area contributed by atoms with Crippen LogP contribution in [-0.2, 0) is 7.05 Å². The molecule has 27 heavy (non-hydrogen) atoms. The monoisotopic (exact) mass is 376 g/mol. The van der Waals surface area contributed by atoms with Crippen LogP contribution in [0.5, 0.6) is 0 Å². The molecule has 1 aliphatic rings. The molecule has 2 aromatic rings. The van der Waals surface area contributed by atoms with Gasteiger partial charge in [-0.1, -0.05) is 13.8 Å². The topological polar surface area (TPSA) is 41.4 Å². The highest BCUT2D eigenvalue weighted by molar-refractivity contribution is 6.00. The normalized spacial score (nSPS) is 15.6. The van der Waals surface area contributed by atoms with Crippen molar-refractivity contribution >= 4 is 5.91 Å². The van der Waals surface area contributed by atoms with Crippen molar-refractivity contribution in [1.82, 2.24) is 19.6 Å².